The molecular weight excluding hydrogens is 432 g/mol. The molecule has 1 N–H and O–H groups in total. The summed E-state index contributed by atoms with van der Waals surface area (Å²) >= 11 is 0. The van der Waals surface area contributed by atoms with E-state index in [1.165, 1.54) is 5.56 Å². The average molecular weight is 461 g/mol. The van der Waals surface area contributed by atoms with Crippen molar-refractivity contribution in [2.75, 3.05) is 0 Å². The lowest BCUT2D eigenvalue weighted by atomic mass is 10.0. The minimum absolute atomic E-state index is 0.115. The first-order valence-electron chi connectivity index (χ1n) is 11.8. The third-order valence-electron chi connectivity index (χ3n) is 6.47. The van der Waals surface area contributed by atoms with Crippen molar-refractivity contribution in [2.45, 2.75) is 34.2 Å². The highest BCUT2D eigenvalue weighted by atomic mass is 16.1. The van der Waals surface area contributed by atoms with Crippen LogP contribution in [-0.4, -0.2) is 20.7 Å². The number of fused-ring (bicyclic) bond motifs is 1. The summed E-state index contributed by atoms with van der Waals surface area (Å²) in [7, 11) is 0. The molecule has 0 aliphatic heterocycles. The van der Waals surface area contributed by atoms with Gasteiger partial charge in [-0.05, 0) is 69.2 Å². The van der Waals surface area contributed by atoms with E-state index < -0.39 is 0 Å². The van der Waals surface area contributed by atoms with Crippen LogP contribution in [0.4, 0.5) is 0 Å². The molecule has 3 aromatic carbocycles. The molecule has 0 aliphatic rings. The Morgan fingerprint density at radius 3 is 2.40 bits per heavy atom. The minimum Gasteiger partial charge on any atom is -0.348 e. The van der Waals surface area contributed by atoms with Crippen molar-refractivity contribution in [2.24, 2.45) is 0 Å². The van der Waals surface area contributed by atoms with Crippen LogP contribution in [0.3, 0.4) is 0 Å². The molecule has 0 atom stereocenters. The second-order valence-electron chi connectivity index (χ2n) is 9.08. The smallest absolute Gasteiger partial charge is 0.252 e. The first-order chi connectivity index (χ1) is 16.9. The largest absolute Gasteiger partial charge is 0.348 e. The highest BCUT2D eigenvalue weighted by molar-refractivity contribution is 6.07. The number of aryl methyl sites for hydroxylation is 3. The predicted octanol–water partition coefficient (Wildman–Crippen LogP) is 6.25. The average Bonchev–Trinajstić information content (AvgIpc) is 3.24. The quantitative estimate of drug-likeness (QED) is 0.337. The summed E-state index contributed by atoms with van der Waals surface area (Å²) in [6.45, 7) is 8.65. The molecular formula is C30H28N4O. The SMILES string of the molecule is Cc1ccc(-n2ncc(-c3cc(C(=O)NCc4ccccc4C)c4cc(C)ccc4n3)c2C)cc1. The van der Waals surface area contributed by atoms with Crippen LogP contribution in [0.2, 0.25) is 0 Å². The van der Waals surface area contributed by atoms with Crippen molar-refractivity contribution in [3.05, 3.63) is 113 Å². The fraction of sp³-hybridized carbons (Fsp3) is 0.167. The van der Waals surface area contributed by atoms with E-state index in [9.17, 15) is 4.79 Å². The van der Waals surface area contributed by atoms with Gasteiger partial charge in [0.25, 0.3) is 5.91 Å². The normalized spacial score (nSPS) is 11.1. The van der Waals surface area contributed by atoms with Crippen LogP contribution in [0, 0.1) is 27.7 Å². The second kappa shape index (κ2) is 9.18. The van der Waals surface area contributed by atoms with Crippen molar-refractivity contribution < 1.29 is 4.79 Å². The molecule has 1 amide bonds. The first-order valence-corrected chi connectivity index (χ1v) is 11.8. The number of rotatable bonds is 5. The molecule has 2 aromatic heterocycles. The third-order valence-corrected chi connectivity index (χ3v) is 6.47. The van der Waals surface area contributed by atoms with E-state index in [0.29, 0.717) is 12.1 Å². The van der Waals surface area contributed by atoms with E-state index in [4.69, 9.17) is 4.98 Å². The van der Waals surface area contributed by atoms with E-state index in [0.717, 1.165) is 50.2 Å². The van der Waals surface area contributed by atoms with Gasteiger partial charge in [0.2, 0.25) is 0 Å². The summed E-state index contributed by atoms with van der Waals surface area (Å²) in [6, 6.07) is 24.3. The maximum absolute atomic E-state index is 13.4. The fourth-order valence-electron chi connectivity index (χ4n) is 4.35. The molecule has 174 valence electrons. The molecule has 5 nitrogen and oxygen atoms in total. The van der Waals surface area contributed by atoms with Gasteiger partial charge in [0, 0.05) is 17.5 Å². The lowest BCUT2D eigenvalue weighted by Crippen LogP contribution is -2.23. The Hall–Kier alpha value is -4.25. The molecule has 5 heteroatoms. The van der Waals surface area contributed by atoms with Gasteiger partial charge in [0.1, 0.15) is 0 Å². The van der Waals surface area contributed by atoms with Crippen LogP contribution >= 0.6 is 0 Å². The molecule has 0 fully saturated rings. The van der Waals surface area contributed by atoms with Crippen LogP contribution in [0.1, 0.15) is 38.3 Å². The number of carbonyl (C=O) groups excluding carboxylic acids is 1. The maximum Gasteiger partial charge on any atom is 0.252 e. The zero-order valence-corrected chi connectivity index (χ0v) is 20.5. The van der Waals surface area contributed by atoms with Crippen LogP contribution in [-0.2, 0) is 6.54 Å². The summed E-state index contributed by atoms with van der Waals surface area (Å²) in [5.41, 5.74) is 9.55. The number of nitrogens with zero attached hydrogens (tertiary/aromatic N) is 3. The molecule has 5 rings (SSSR count). The highest BCUT2D eigenvalue weighted by Gasteiger charge is 2.18. The van der Waals surface area contributed by atoms with Crippen molar-refractivity contribution in [3.8, 4) is 16.9 Å². The van der Waals surface area contributed by atoms with Gasteiger partial charge in [0.15, 0.2) is 0 Å². The zero-order chi connectivity index (χ0) is 24.5. The minimum atomic E-state index is -0.115. The van der Waals surface area contributed by atoms with Crippen molar-refractivity contribution in [1.29, 1.82) is 0 Å². The Kier molecular flexibility index (Phi) is 5.91. The van der Waals surface area contributed by atoms with Crippen LogP contribution in [0.15, 0.2) is 79.0 Å². The van der Waals surface area contributed by atoms with Gasteiger partial charge in [0.05, 0.1) is 34.4 Å². The zero-order valence-electron chi connectivity index (χ0n) is 20.5. The van der Waals surface area contributed by atoms with Gasteiger partial charge in [-0.25, -0.2) is 9.67 Å². The van der Waals surface area contributed by atoms with E-state index in [1.807, 2.05) is 67.2 Å². The predicted molar refractivity (Wildman–Crippen MR) is 141 cm³/mol. The van der Waals surface area contributed by atoms with Gasteiger partial charge in [-0.2, -0.15) is 5.10 Å². The van der Waals surface area contributed by atoms with Gasteiger partial charge in [-0.3, -0.25) is 4.79 Å². The number of benzene rings is 3. The molecule has 0 saturated carbocycles. The fourth-order valence-corrected chi connectivity index (χ4v) is 4.35. The van der Waals surface area contributed by atoms with E-state index in [2.05, 4.69) is 54.6 Å². The molecule has 0 spiro atoms. The molecule has 2 heterocycles. The number of pyridine rings is 1. The van der Waals surface area contributed by atoms with E-state index in [1.54, 1.807) is 0 Å². The molecule has 0 bridgehead atoms. The Balaban J connectivity index is 1.55. The number of nitrogens with one attached hydrogen (secondary N) is 1. The number of hydrogen-bond acceptors (Lipinski definition) is 3. The van der Waals surface area contributed by atoms with E-state index in [-0.39, 0.29) is 5.91 Å². The van der Waals surface area contributed by atoms with Crippen molar-refractivity contribution >= 4 is 16.8 Å². The van der Waals surface area contributed by atoms with Crippen LogP contribution in [0.25, 0.3) is 27.8 Å². The summed E-state index contributed by atoms with van der Waals surface area (Å²) in [6.07, 6.45) is 1.83. The van der Waals surface area contributed by atoms with Crippen molar-refractivity contribution in [1.82, 2.24) is 20.1 Å². The standard InChI is InChI=1S/C30H28N4O/c1-19-9-12-24(13-10-19)34-22(4)27(18-32-34)29-16-26(25-15-20(2)11-14-28(25)33-29)30(35)31-17-23-8-6-5-7-21(23)3/h5-16,18H,17H2,1-4H3,(H,31,35). The van der Waals surface area contributed by atoms with Gasteiger partial charge < -0.3 is 5.32 Å². The first kappa shape index (κ1) is 22.5. The highest BCUT2D eigenvalue weighted by Crippen LogP contribution is 2.29. The van der Waals surface area contributed by atoms with Crippen LogP contribution < -0.4 is 5.32 Å². The molecule has 0 saturated heterocycles. The maximum atomic E-state index is 13.4. The third kappa shape index (κ3) is 4.45. The Morgan fingerprint density at radius 1 is 0.886 bits per heavy atom. The Bertz CT molecular complexity index is 1550. The number of carbonyl (C=O) groups is 1. The molecule has 35 heavy (non-hydrogen) atoms. The van der Waals surface area contributed by atoms with Gasteiger partial charge in [-0.15, -0.1) is 0 Å². The van der Waals surface area contributed by atoms with Gasteiger partial charge >= 0.3 is 0 Å². The topological polar surface area (TPSA) is 59.8 Å². The molecule has 0 aliphatic carbocycles. The van der Waals surface area contributed by atoms with Crippen LogP contribution in [0.5, 0.6) is 0 Å². The van der Waals surface area contributed by atoms with Gasteiger partial charge in [-0.1, -0.05) is 53.6 Å². The lowest BCUT2D eigenvalue weighted by Gasteiger charge is -2.12. The summed E-state index contributed by atoms with van der Waals surface area (Å²) in [5, 5.41) is 8.58. The molecule has 0 radical (unpaired) electrons. The number of hydrogen-bond donors (Lipinski definition) is 1. The summed E-state index contributed by atoms with van der Waals surface area (Å²) < 4.78 is 1.91. The summed E-state index contributed by atoms with van der Waals surface area (Å²) in [5.74, 6) is -0.115. The van der Waals surface area contributed by atoms with E-state index >= 15 is 0 Å². The lowest BCUT2D eigenvalue weighted by molar-refractivity contribution is 0.0952. The monoisotopic (exact) mass is 460 g/mol. The Morgan fingerprint density at radius 2 is 1.63 bits per heavy atom. The molecule has 5 aromatic rings. The second-order valence-corrected chi connectivity index (χ2v) is 9.08. The Labute approximate surface area is 205 Å². The number of aromatic nitrogens is 3. The molecule has 0 unspecified atom stereocenters. The summed E-state index contributed by atoms with van der Waals surface area (Å²) in [4.78, 5) is 18.3. The van der Waals surface area contributed by atoms with Crippen molar-refractivity contribution in [3.63, 3.8) is 0 Å². The number of amides is 1.